The zero-order chi connectivity index (χ0) is 13.1. The molecule has 0 unspecified atom stereocenters. The fourth-order valence-electron chi connectivity index (χ4n) is 2.10. The highest BCUT2D eigenvalue weighted by molar-refractivity contribution is 5.51. The van der Waals surface area contributed by atoms with Crippen molar-refractivity contribution in [2.75, 3.05) is 11.4 Å². The fraction of sp³-hybridized carbons (Fsp3) is 0.500. The SMILES string of the molecule is C[C@H](N)c1ccc(N(CCC#N)C2CC2)c(F)c1. The Bertz CT molecular complexity index is 461. The van der Waals surface area contributed by atoms with Crippen LogP contribution in [-0.4, -0.2) is 12.6 Å². The van der Waals surface area contributed by atoms with E-state index in [0.29, 0.717) is 24.7 Å². The molecule has 1 saturated carbocycles. The Morgan fingerprint density at radius 2 is 2.28 bits per heavy atom. The van der Waals surface area contributed by atoms with Crippen LogP contribution < -0.4 is 10.6 Å². The van der Waals surface area contributed by atoms with Crippen molar-refractivity contribution in [3.63, 3.8) is 0 Å². The molecule has 0 bridgehead atoms. The van der Waals surface area contributed by atoms with E-state index in [2.05, 4.69) is 6.07 Å². The Morgan fingerprint density at radius 3 is 2.78 bits per heavy atom. The third kappa shape index (κ3) is 2.80. The molecule has 18 heavy (non-hydrogen) atoms. The van der Waals surface area contributed by atoms with Gasteiger partial charge in [-0.15, -0.1) is 0 Å². The standard InChI is InChI=1S/C14H18FN3/c1-10(17)11-3-6-14(13(15)9-11)18(8-2-7-16)12-4-5-12/h3,6,9-10,12H,2,4-5,8,17H2,1H3/t10-/m0/s1. The summed E-state index contributed by atoms with van der Waals surface area (Å²) in [5.74, 6) is -0.241. The number of hydrogen-bond donors (Lipinski definition) is 1. The minimum absolute atomic E-state index is 0.165. The van der Waals surface area contributed by atoms with E-state index >= 15 is 0 Å². The lowest BCUT2D eigenvalue weighted by molar-refractivity contribution is 0.610. The van der Waals surface area contributed by atoms with E-state index in [4.69, 9.17) is 11.0 Å². The second-order valence-electron chi connectivity index (χ2n) is 4.83. The predicted molar refractivity (Wildman–Crippen MR) is 69.6 cm³/mol. The van der Waals surface area contributed by atoms with Gasteiger partial charge in [-0.1, -0.05) is 6.07 Å². The molecule has 3 nitrogen and oxygen atoms in total. The summed E-state index contributed by atoms with van der Waals surface area (Å²) in [6, 6.07) is 7.50. The van der Waals surface area contributed by atoms with Crippen LogP contribution in [-0.2, 0) is 0 Å². The molecule has 0 spiro atoms. The number of nitriles is 1. The van der Waals surface area contributed by atoms with Gasteiger partial charge < -0.3 is 10.6 Å². The molecule has 1 fully saturated rings. The maximum Gasteiger partial charge on any atom is 0.146 e. The molecular formula is C14H18FN3. The van der Waals surface area contributed by atoms with Crippen LogP contribution in [0.1, 0.15) is 37.8 Å². The number of nitrogens with zero attached hydrogens (tertiary/aromatic N) is 2. The first kappa shape index (κ1) is 12.8. The van der Waals surface area contributed by atoms with E-state index in [1.54, 1.807) is 6.07 Å². The average Bonchev–Trinajstić information content (AvgIpc) is 3.15. The highest BCUT2D eigenvalue weighted by atomic mass is 19.1. The van der Waals surface area contributed by atoms with Crippen LogP contribution in [0.4, 0.5) is 10.1 Å². The third-order valence-electron chi connectivity index (χ3n) is 3.26. The molecule has 96 valence electrons. The third-order valence-corrected chi connectivity index (χ3v) is 3.26. The molecule has 0 radical (unpaired) electrons. The van der Waals surface area contributed by atoms with Crippen molar-refractivity contribution >= 4 is 5.69 Å². The topological polar surface area (TPSA) is 53.0 Å². The molecule has 0 aromatic heterocycles. The van der Waals surface area contributed by atoms with Crippen molar-refractivity contribution in [1.29, 1.82) is 5.26 Å². The van der Waals surface area contributed by atoms with E-state index in [-0.39, 0.29) is 11.9 Å². The highest BCUT2D eigenvalue weighted by Gasteiger charge is 2.30. The minimum Gasteiger partial charge on any atom is -0.365 e. The Hall–Kier alpha value is -1.60. The summed E-state index contributed by atoms with van der Waals surface area (Å²) in [5.41, 5.74) is 7.13. The number of halogens is 1. The summed E-state index contributed by atoms with van der Waals surface area (Å²) in [6.45, 7) is 2.43. The predicted octanol–water partition coefficient (Wildman–Crippen LogP) is 2.73. The first-order valence-electron chi connectivity index (χ1n) is 6.32. The van der Waals surface area contributed by atoms with E-state index in [0.717, 1.165) is 18.4 Å². The summed E-state index contributed by atoms with van der Waals surface area (Å²) in [7, 11) is 0. The van der Waals surface area contributed by atoms with Crippen LogP contribution in [0.15, 0.2) is 18.2 Å². The zero-order valence-corrected chi connectivity index (χ0v) is 10.6. The average molecular weight is 247 g/mol. The molecule has 0 saturated heterocycles. The van der Waals surface area contributed by atoms with Gasteiger partial charge in [-0.25, -0.2) is 4.39 Å². The fourth-order valence-corrected chi connectivity index (χ4v) is 2.10. The van der Waals surface area contributed by atoms with Gasteiger partial charge in [-0.2, -0.15) is 5.26 Å². The number of hydrogen-bond acceptors (Lipinski definition) is 3. The van der Waals surface area contributed by atoms with Crippen LogP contribution in [0.5, 0.6) is 0 Å². The summed E-state index contributed by atoms with van der Waals surface area (Å²) in [5, 5.41) is 8.66. The van der Waals surface area contributed by atoms with Gasteiger partial charge in [0.05, 0.1) is 18.2 Å². The molecule has 1 aliphatic rings. The van der Waals surface area contributed by atoms with Gasteiger partial charge in [0.25, 0.3) is 0 Å². The highest BCUT2D eigenvalue weighted by Crippen LogP contribution is 2.33. The summed E-state index contributed by atoms with van der Waals surface area (Å²) >= 11 is 0. The van der Waals surface area contributed by atoms with Gasteiger partial charge in [0.15, 0.2) is 0 Å². The maximum absolute atomic E-state index is 14.1. The normalized spacial score (nSPS) is 16.1. The lowest BCUT2D eigenvalue weighted by atomic mass is 10.1. The molecule has 0 heterocycles. The number of benzene rings is 1. The van der Waals surface area contributed by atoms with E-state index in [9.17, 15) is 4.39 Å². The smallest absolute Gasteiger partial charge is 0.146 e. The number of nitrogens with two attached hydrogens (primary N) is 1. The molecule has 4 heteroatoms. The lowest BCUT2D eigenvalue weighted by Gasteiger charge is -2.24. The van der Waals surface area contributed by atoms with Crippen LogP contribution in [0.2, 0.25) is 0 Å². The first-order valence-corrected chi connectivity index (χ1v) is 6.32. The van der Waals surface area contributed by atoms with Crippen LogP contribution >= 0.6 is 0 Å². The molecule has 0 amide bonds. The molecular weight excluding hydrogens is 229 g/mol. The van der Waals surface area contributed by atoms with Gasteiger partial charge in [0, 0.05) is 18.6 Å². The monoisotopic (exact) mass is 247 g/mol. The minimum atomic E-state index is -0.241. The van der Waals surface area contributed by atoms with Crippen LogP contribution in [0.25, 0.3) is 0 Å². The van der Waals surface area contributed by atoms with Crippen molar-refractivity contribution in [2.24, 2.45) is 5.73 Å². The summed E-state index contributed by atoms with van der Waals surface area (Å²) in [6.07, 6.45) is 2.59. The molecule has 1 aromatic rings. The van der Waals surface area contributed by atoms with Gasteiger partial charge in [0.2, 0.25) is 0 Å². The van der Waals surface area contributed by atoms with Gasteiger partial charge in [-0.05, 0) is 37.5 Å². The van der Waals surface area contributed by atoms with Crippen molar-refractivity contribution < 1.29 is 4.39 Å². The van der Waals surface area contributed by atoms with Crippen molar-refractivity contribution in [1.82, 2.24) is 0 Å². The molecule has 1 aromatic carbocycles. The Labute approximate surface area is 107 Å². The quantitative estimate of drug-likeness (QED) is 0.870. The molecule has 1 aliphatic carbocycles. The number of rotatable bonds is 5. The van der Waals surface area contributed by atoms with Gasteiger partial charge in [0.1, 0.15) is 5.82 Å². The first-order chi connectivity index (χ1) is 8.63. The van der Waals surface area contributed by atoms with Crippen LogP contribution in [0, 0.1) is 17.1 Å². The van der Waals surface area contributed by atoms with Crippen molar-refractivity contribution in [2.45, 2.75) is 38.3 Å². The van der Waals surface area contributed by atoms with E-state index in [1.807, 2.05) is 17.9 Å². The molecule has 1 atom stereocenters. The Kier molecular flexibility index (Phi) is 3.83. The lowest BCUT2D eigenvalue weighted by Crippen LogP contribution is -2.27. The summed E-state index contributed by atoms with van der Waals surface area (Å²) < 4.78 is 14.1. The largest absolute Gasteiger partial charge is 0.365 e. The van der Waals surface area contributed by atoms with Crippen molar-refractivity contribution in [3.05, 3.63) is 29.6 Å². The second-order valence-corrected chi connectivity index (χ2v) is 4.83. The Morgan fingerprint density at radius 1 is 1.56 bits per heavy atom. The molecule has 2 N–H and O–H groups in total. The van der Waals surface area contributed by atoms with E-state index in [1.165, 1.54) is 6.07 Å². The van der Waals surface area contributed by atoms with Crippen molar-refractivity contribution in [3.8, 4) is 6.07 Å². The number of anilines is 1. The van der Waals surface area contributed by atoms with E-state index < -0.39 is 0 Å². The zero-order valence-electron chi connectivity index (χ0n) is 10.6. The van der Waals surface area contributed by atoms with Gasteiger partial charge in [-0.3, -0.25) is 0 Å². The molecule has 2 rings (SSSR count). The second kappa shape index (κ2) is 5.36. The molecule has 0 aliphatic heterocycles. The van der Waals surface area contributed by atoms with Crippen LogP contribution in [0.3, 0.4) is 0 Å². The van der Waals surface area contributed by atoms with Gasteiger partial charge >= 0.3 is 0 Å². The summed E-state index contributed by atoms with van der Waals surface area (Å²) in [4.78, 5) is 2.00. The Balaban J connectivity index is 2.22. The maximum atomic E-state index is 14.1.